The van der Waals surface area contributed by atoms with E-state index in [1.165, 1.54) is 6.07 Å². The van der Waals surface area contributed by atoms with Crippen LogP contribution in [0, 0.1) is 5.82 Å². The third-order valence-electron chi connectivity index (χ3n) is 5.41. The fraction of sp³-hybridized carbons (Fsp3) is 0.208. The summed E-state index contributed by atoms with van der Waals surface area (Å²) in [6.45, 7) is 0.900. The lowest BCUT2D eigenvalue weighted by Crippen LogP contribution is -2.46. The van der Waals surface area contributed by atoms with E-state index in [1.807, 2.05) is 54.6 Å². The molecule has 0 aliphatic carbocycles. The molecule has 0 atom stereocenters. The Hall–Kier alpha value is -3.02. The minimum atomic E-state index is -1.44. The highest BCUT2D eigenvalue weighted by atomic mass is 19.1. The van der Waals surface area contributed by atoms with E-state index < -0.39 is 5.79 Å². The number of fused-ring (bicyclic) bond motifs is 2. The number of carbonyl (C=O) groups excluding carboxylic acids is 1. The van der Waals surface area contributed by atoms with Gasteiger partial charge in [-0.25, -0.2) is 4.39 Å². The highest BCUT2D eigenvalue weighted by Gasteiger charge is 2.55. The minimum absolute atomic E-state index is 0.241. The fourth-order valence-electron chi connectivity index (χ4n) is 4.03. The van der Waals surface area contributed by atoms with Crippen LogP contribution in [0.1, 0.15) is 23.1 Å². The van der Waals surface area contributed by atoms with Gasteiger partial charge in [-0.3, -0.25) is 9.69 Å². The number of rotatable bonds is 3. The quantitative estimate of drug-likeness (QED) is 0.653. The summed E-state index contributed by atoms with van der Waals surface area (Å²) in [6, 6.07) is 21.9. The molecule has 3 aromatic rings. The monoisotopic (exact) mass is 389 g/mol. The predicted molar refractivity (Wildman–Crippen MR) is 107 cm³/mol. The molecule has 4 nitrogen and oxygen atoms in total. The maximum atomic E-state index is 14.1. The average Bonchev–Trinajstić information content (AvgIpc) is 2.99. The average molecular weight is 389 g/mol. The molecule has 0 N–H and O–H groups in total. The Bertz CT molecular complexity index is 1060. The van der Waals surface area contributed by atoms with Crippen LogP contribution < -0.4 is 4.90 Å². The van der Waals surface area contributed by atoms with E-state index >= 15 is 0 Å². The van der Waals surface area contributed by atoms with Crippen LogP contribution in [-0.4, -0.2) is 19.1 Å². The molecule has 1 spiro atoms. The molecule has 29 heavy (non-hydrogen) atoms. The van der Waals surface area contributed by atoms with Crippen LogP contribution in [0.2, 0.25) is 0 Å². The molecule has 5 heteroatoms. The van der Waals surface area contributed by atoms with Gasteiger partial charge in [0.15, 0.2) is 0 Å². The first-order valence-corrected chi connectivity index (χ1v) is 9.73. The van der Waals surface area contributed by atoms with Gasteiger partial charge in [0.25, 0.3) is 11.7 Å². The first-order valence-electron chi connectivity index (χ1n) is 9.73. The zero-order chi connectivity index (χ0) is 19.8. The van der Waals surface area contributed by atoms with Crippen LogP contribution in [0.3, 0.4) is 0 Å². The molecular weight excluding hydrogens is 369 g/mol. The highest BCUT2D eigenvalue weighted by Crippen LogP contribution is 2.48. The molecule has 2 aliphatic rings. The zero-order valence-corrected chi connectivity index (χ0v) is 15.8. The Balaban J connectivity index is 1.61. The molecule has 0 radical (unpaired) electrons. The lowest BCUT2D eigenvalue weighted by Gasteiger charge is -2.32. The largest absolute Gasteiger partial charge is 0.338 e. The first kappa shape index (κ1) is 18.0. The van der Waals surface area contributed by atoms with Gasteiger partial charge in [-0.15, -0.1) is 0 Å². The lowest BCUT2D eigenvalue weighted by atomic mass is 9.98. The van der Waals surface area contributed by atoms with Gasteiger partial charge in [-0.05, 0) is 47.9 Å². The first-order chi connectivity index (χ1) is 14.2. The summed E-state index contributed by atoms with van der Waals surface area (Å²) in [5.74, 6) is -1.93. The molecule has 2 aliphatic heterocycles. The van der Waals surface area contributed by atoms with Crippen molar-refractivity contribution in [3.8, 4) is 0 Å². The summed E-state index contributed by atoms with van der Waals surface area (Å²) in [7, 11) is 0. The van der Waals surface area contributed by atoms with Gasteiger partial charge in [0, 0.05) is 17.7 Å². The normalized spacial score (nSPS) is 17.6. The van der Waals surface area contributed by atoms with E-state index in [1.54, 1.807) is 17.0 Å². The number of amides is 1. The predicted octanol–water partition coefficient (Wildman–Crippen LogP) is 4.68. The Morgan fingerprint density at radius 2 is 1.66 bits per heavy atom. The lowest BCUT2D eigenvalue weighted by molar-refractivity contribution is -0.256. The number of hydrogen-bond donors (Lipinski definition) is 0. The second-order valence-corrected chi connectivity index (χ2v) is 7.26. The summed E-state index contributed by atoms with van der Waals surface area (Å²) in [4.78, 5) is 15.1. The Morgan fingerprint density at radius 1 is 0.931 bits per heavy atom. The summed E-state index contributed by atoms with van der Waals surface area (Å²) >= 11 is 0. The molecule has 1 amide bonds. The second-order valence-electron chi connectivity index (χ2n) is 7.26. The molecule has 2 heterocycles. The van der Waals surface area contributed by atoms with Crippen LogP contribution in [0.15, 0.2) is 72.8 Å². The Morgan fingerprint density at radius 3 is 2.41 bits per heavy atom. The fourth-order valence-corrected chi connectivity index (χ4v) is 4.03. The molecule has 1 saturated heterocycles. The van der Waals surface area contributed by atoms with Crippen molar-refractivity contribution in [2.75, 3.05) is 18.1 Å². The van der Waals surface area contributed by atoms with E-state index in [9.17, 15) is 9.18 Å². The third-order valence-corrected chi connectivity index (χ3v) is 5.41. The minimum Gasteiger partial charge on any atom is -0.338 e. The van der Waals surface area contributed by atoms with Crippen LogP contribution in [-0.2, 0) is 26.5 Å². The third kappa shape index (κ3) is 2.94. The molecule has 0 saturated carbocycles. The molecule has 146 valence electrons. The SMILES string of the molecule is O=C1N(c2ccccc2)c2ccc(Cc3ccccc3F)cc2C12OCCCO2. The van der Waals surface area contributed by atoms with Gasteiger partial charge < -0.3 is 9.47 Å². The summed E-state index contributed by atoms with van der Waals surface area (Å²) in [5, 5.41) is 0. The molecule has 5 rings (SSSR count). The Kier molecular flexibility index (Phi) is 4.42. The molecule has 0 bridgehead atoms. The number of para-hydroxylation sites is 1. The van der Waals surface area contributed by atoms with Gasteiger partial charge >= 0.3 is 0 Å². The van der Waals surface area contributed by atoms with Crippen molar-refractivity contribution in [2.24, 2.45) is 0 Å². The number of halogens is 1. The van der Waals surface area contributed by atoms with Crippen molar-refractivity contribution >= 4 is 17.3 Å². The van der Waals surface area contributed by atoms with Crippen LogP contribution in [0.4, 0.5) is 15.8 Å². The van der Waals surface area contributed by atoms with E-state index in [4.69, 9.17) is 9.47 Å². The number of ether oxygens (including phenoxy) is 2. The number of hydrogen-bond acceptors (Lipinski definition) is 3. The van der Waals surface area contributed by atoms with Crippen molar-refractivity contribution in [3.63, 3.8) is 0 Å². The maximum absolute atomic E-state index is 14.1. The van der Waals surface area contributed by atoms with Gasteiger partial charge in [0.2, 0.25) is 0 Å². The van der Waals surface area contributed by atoms with Crippen molar-refractivity contribution < 1.29 is 18.7 Å². The van der Waals surface area contributed by atoms with Crippen molar-refractivity contribution in [1.82, 2.24) is 0 Å². The van der Waals surface area contributed by atoms with Crippen molar-refractivity contribution in [2.45, 2.75) is 18.6 Å². The van der Waals surface area contributed by atoms with Gasteiger partial charge in [0.05, 0.1) is 18.9 Å². The van der Waals surface area contributed by atoms with E-state index in [0.29, 0.717) is 30.8 Å². The Labute approximate surface area is 168 Å². The van der Waals surface area contributed by atoms with Crippen molar-refractivity contribution in [1.29, 1.82) is 0 Å². The van der Waals surface area contributed by atoms with Crippen LogP contribution in [0.25, 0.3) is 0 Å². The smallest absolute Gasteiger partial charge is 0.297 e. The molecule has 3 aromatic carbocycles. The molecule has 0 aromatic heterocycles. The topological polar surface area (TPSA) is 38.8 Å². The summed E-state index contributed by atoms with van der Waals surface area (Å²) in [5.41, 5.74) is 3.68. The molecule has 0 unspecified atom stereocenters. The number of nitrogens with zero attached hydrogens (tertiary/aromatic N) is 1. The van der Waals surface area contributed by atoms with E-state index in [0.717, 1.165) is 23.4 Å². The van der Waals surface area contributed by atoms with Crippen molar-refractivity contribution in [3.05, 3.63) is 95.3 Å². The van der Waals surface area contributed by atoms with E-state index in [-0.39, 0.29) is 11.7 Å². The van der Waals surface area contributed by atoms with Gasteiger partial charge in [-0.1, -0.05) is 42.5 Å². The summed E-state index contributed by atoms with van der Waals surface area (Å²) in [6.07, 6.45) is 1.17. The van der Waals surface area contributed by atoms with E-state index in [2.05, 4.69) is 0 Å². The van der Waals surface area contributed by atoms with Crippen LogP contribution in [0.5, 0.6) is 0 Å². The number of benzene rings is 3. The molecule has 1 fully saturated rings. The second kappa shape index (κ2) is 7.10. The standard InChI is InChI=1S/C24H20FNO3/c25-21-10-5-4-7-18(21)15-17-11-12-22-20(16-17)24(28-13-6-14-29-24)23(27)26(22)19-8-2-1-3-9-19/h1-5,7-12,16H,6,13-15H2. The number of carbonyl (C=O) groups is 1. The summed E-state index contributed by atoms with van der Waals surface area (Å²) < 4.78 is 26.0. The maximum Gasteiger partial charge on any atom is 0.297 e. The molecular formula is C24H20FNO3. The van der Waals surface area contributed by atoms with Gasteiger partial charge in [-0.2, -0.15) is 0 Å². The van der Waals surface area contributed by atoms with Gasteiger partial charge in [0.1, 0.15) is 5.82 Å². The zero-order valence-electron chi connectivity index (χ0n) is 15.8. The number of anilines is 2. The van der Waals surface area contributed by atoms with Crippen LogP contribution >= 0.6 is 0 Å². The highest BCUT2D eigenvalue weighted by molar-refractivity contribution is 6.11.